The molecule has 0 aliphatic heterocycles. The largest absolute Gasteiger partial charge is 0.507 e. The predicted molar refractivity (Wildman–Crippen MR) is 75.1 cm³/mol. The summed E-state index contributed by atoms with van der Waals surface area (Å²) in [6, 6.07) is 5.68. The molecule has 0 radical (unpaired) electrons. The third-order valence-corrected chi connectivity index (χ3v) is 3.24. The summed E-state index contributed by atoms with van der Waals surface area (Å²) in [5.74, 6) is -2.89. The van der Waals surface area contributed by atoms with Crippen LogP contribution in [-0.4, -0.2) is 11.0 Å². The van der Waals surface area contributed by atoms with Crippen molar-refractivity contribution < 1.29 is 18.7 Å². The van der Waals surface area contributed by atoms with E-state index in [0.29, 0.717) is 10.5 Å². The fraction of sp³-hybridized carbons (Fsp3) is 0. The zero-order chi connectivity index (χ0) is 14.9. The minimum atomic E-state index is -1.00. The molecule has 20 heavy (non-hydrogen) atoms. The fourth-order valence-corrected chi connectivity index (χ4v) is 2.14. The zero-order valence-electron chi connectivity index (χ0n) is 9.75. The van der Waals surface area contributed by atoms with Gasteiger partial charge in [0.1, 0.15) is 11.6 Å². The normalized spacial score (nSPS) is 10.4. The molecule has 0 heterocycles. The van der Waals surface area contributed by atoms with Crippen LogP contribution in [0.2, 0.25) is 5.02 Å². The van der Waals surface area contributed by atoms with Crippen LogP contribution in [0, 0.1) is 11.6 Å². The average molecular weight is 363 g/mol. The molecule has 0 saturated heterocycles. The van der Waals surface area contributed by atoms with E-state index in [9.17, 15) is 18.7 Å². The van der Waals surface area contributed by atoms with Crippen molar-refractivity contribution >= 4 is 39.1 Å². The van der Waals surface area contributed by atoms with Crippen molar-refractivity contribution in [3.8, 4) is 5.75 Å². The number of phenols is 1. The summed E-state index contributed by atoms with van der Waals surface area (Å²) in [7, 11) is 0. The smallest absolute Gasteiger partial charge is 0.259 e. The van der Waals surface area contributed by atoms with Crippen LogP contribution in [0.25, 0.3) is 0 Å². The number of anilines is 1. The Bertz CT molecular complexity index is 671. The highest BCUT2D eigenvalue weighted by atomic mass is 79.9. The Labute approximate surface area is 126 Å². The van der Waals surface area contributed by atoms with Crippen LogP contribution < -0.4 is 5.32 Å². The van der Waals surface area contributed by atoms with Crippen molar-refractivity contribution in [2.45, 2.75) is 0 Å². The van der Waals surface area contributed by atoms with Gasteiger partial charge in [0.2, 0.25) is 0 Å². The van der Waals surface area contributed by atoms with Gasteiger partial charge in [-0.3, -0.25) is 4.79 Å². The van der Waals surface area contributed by atoms with E-state index < -0.39 is 17.5 Å². The van der Waals surface area contributed by atoms with Crippen LogP contribution in [0.4, 0.5) is 14.5 Å². The van der Waals surface area contributed by atoms with Gasteiger partial charge < -0.3 is 10.4 Å². The van der Waals surface area contributed by atoms with Gasteiger partial charge in [0.15, 0.2) is 5.82 Å². The van der Waals surface area contributed by atoms with Crippen LogP contribution in [0.1, 0.15) is 10.4 Å². The van der Waals surface area contributed by atoms with Crippen LogP contribution >= 0.6 is 27.5 Å². The summed E-state index contributed by atoms with van der Waals surface area (Å²) < 4.78 is 27.0. The molecular weight excluding hydrogens is 356 g/mol. The van der Waals surface area contributed by atoms with Crippen LogP contribution in [0.5, 0.6) is 5.75 Å². The summed E-state index contributed by atoms with van der Waals surface area (Å²) in [5.41, 5.74) is -0.420. The van der Waals surface area contributed by atoms with Gasteiger partial charge in [-0.1, -0.05) is 27.5 Å². The summed E-state index contributed by atoms with van der Waals surface area (Å²) in [5, 5.41) is 11.5. The van der Waals surface area contributed by atoms with Gasteiger partial charge in [0, 0.05) is 10.5 Å². The molecule has 3 nitrogen and oxygen atoms in total. The van der Waals surface area contributed by atoms with E-state index in [4.69, 9.17) is 11.6 Å². The number of amides is 1. The van der Waals surface area contributed by atoms with Gasteiger partial charge in [-0.2, -0.15) is 0 Å². The van der Waals surface area contributed by atoms with Gasteiger partial charge in [-0.15, -0.1) is 0 Å². The van der Waals surface area contributed by atoms with Gasteiger partial charge in [0.05, 0.1) is 16.3 Å². The molecule has 1 amide bonds. The third kappa shape index (κ3) is 3.08. The van der Waals surface area contributed by atoms with E-state index in [1.54, 1.807) is 0 Å². The van der Waals surface area contributed by atoms with Crippen LogP contribution in [0.3, 0.4) is 0 Å². The SMILES string of the molecule is O=C(Nc1c(F)cc(F)cc1Cl)c1cc(Br)ccc1O. The molecule has 0 spiro atoms. The number of hydrogen-bond donors (Lipinski definition) is 2. The van der Waals surface area contributed by atoms with Crippen molar-refractivity contribution in [2.75, 3.05) is 5.32 Å². The number of carbonyl (C=O) groups excluding carboxylic acids is 1. The number of rotatable bonds is 2. The highest BCUT2D eigenvalue weighted by Crippen LogP contribution is 2.28. The molecule has 0 aliphatic carbocycles. The molecule has 2 rings (SSSR count). The van der Waals surface area contributed by atoms with Crippen LogP contribution in [0.15, 0.2) is 34.8 Å². The van der Waals surface area contributed by atoms with Crippen LogP contribution in [-0.2, 0) is 0 Å². The molecule has 0 aliphatic rings. The van der Waals surface area contributed by atoms with E-state index in [0.717, 1.165) is 6.07 Å². The lowest BCUT2D eigenvalue weighted by molar-refractivity contribution is 0.102. The molecule has 104 valence electrons. The summed E-state index contributed by atoms with van der Waals surface area (Å²) in [4.78, 5) is 12.0. The first-order valence-corrected chi connectivity index (χ1v) is 6.50. The molecule has 0 bridgehead atoms. The van der Waals surface area contributed by atoms with Gasteiger partial charge in [0.25, 0.3) is 5.91 Å². The topological polar surface area (TPSA) is 49.3 Å². The second-order valence-electron chi connectivity index (χ2n) is 3.86. The molecule has 0 saturated carbocycles. The zero-order valence-corrected chi connectivity index (χ0v) is 12.1. The van der Waals surface area contributed by atoms with E-state index in [1.165, 1.54) is 18.2 Å². The lowest BCUT2D eigenvalue weighted by Gasteiger charge is -2.10. The fourth-order valence-electron chi connectivity index (χ4n) is 1.53. The van der Waals surface area contributed by atoms with Gasteiger partial charge >= 0.3 is 0 Å². The van der Waals surface area contributed by atoms with Gasteiger partial charge in [-0.05, 0) is 24.3 Å². The number of phenolic OH excluding ortho intramolecular Hbond substituents is 1. The first-order chi connectivity index (χ1) is 9.38. The molecule has 2 aromatic carbocycles. The number of nitrogens with one attached hydrogen (secondary N) is 1. The Balaban J connectivity index is 2.35. The number of halogens is 4. The monoisotopic (exact) mass is 361 g/mol. The number of carbonyl (C=O) groups is 1. The van der Waals surface area contributed by atoms with E-state index in [2.05, 4.69) is 21.2 Å². The predicted octanol–water partition coefficient (Wildman–Crippen LogP) is 4.34. The average Bonchev–Trinajstić information content (AvgIpc) is 2.36. The Morgan fingerprint density at radius 1 is 1.25 bits per heavy atom. The lowest BCUT2D eigenvalue weighted by atomic mass is 10.2. The maximum Gasteiger partial charge on any atom is 0.259 e. The Kier molecular flexibility index (Phi) is 4.25. The molecule has 2 aromatic rings. The van der Waals surface area contributed by atoms with Crippen molar-refractivity contribution in [1.29, 1.82) is 0 Å². The summed E-state index contributed by atoms with van der Waals surface area (Å²) >= 11 is 8.82. The van der Waals surface area contributed by atoms with E-state index in [1.807, 2.05) is 0 Å². The molecule has 0 aromatic heterocycles. The van der Waals surface area contributed by atoms with Crippen molar-refractivity contribution in [2.24, 2.45) is 0 Å². The second-order valence-corrected chi connectivity index (χ2v) is 5.18. The minimum Gasteiger partial charge on any atom is -0.507 e. The molecule has 0 unspecified atom stereocenters. The highest BCUT2D eigenvalue weighted by molar-refractivity contribution is 9.10. The number of aromatic hydroxyl groups is 1. The Morgan fingerprint density at radius 2 is 1.95 bits per heavy atom. The van der Waals surface area contributed by atoms with Crippen molar-refractivity contribution in [1.82, 2.24) is 0 Å². The third-order valence-electron chi connectivity index (χ3n) is 2.45. The highest BCUT2D eigenvalue weighted by Gasteiger charge is 2.17. The molecular formula is C13H7BrClF2NO2. The first-order valence-electron chi connectivity index (χ1n) is 5.33. The maximum atomic E-state index is 13.6. The first kappa shape index (κ1) is 14.7. The van der Waals surface area contributed by atoms with Crippen molar-refractivity contribution in [3.63, 3.8) is 0 Å². The van der Waals surface area contributed by atoms with Crippen molar-refractivity contribution in [3.05, 3.63) is 57.0 Å². The number of hydrogen-bond acceptors (Lipinski definition) is 2. The molecule has 2 N–H and O–H groups in total. The quantitative estimate of drug-likeness (QED) is 0.835. The standard InChI is InChI=1S/C13H7BrClF2NO2/c14-6-1-2-11(19)8(3-6)13(20)18-12-9(15)4-7(16)5-10(12)17/h1-5,19H,(H,18,20). The summed E-state index contributed by atoms with van der Waals surface area (Å²) in [6.45, 7) is 0. The number of benzene rings is 2. The molecule has 0 atom stereocenters. The van der Waals surface area contributed by atoms with E-state index in [-0.39, 0.29) is 22.0 Å². The molecule has 0 fully saturated rings. The minimum absolute atomic E-state index is 0.0702. The van der Waals surface area contributed by atoms with Gasteiger partial charge in [-0.25, -0.2) is 8.78 Å². The van der Waals surface area contributed by atoms with E-state index >= 15 is 0 Å². The Morgan fingerprint density at radius 3 is 2.60 bits per heavy atom. The molecule has 7 heteroatoms. The summed E-state index contributed by atoms with van der Waals surface area (Å²) in [6.07, 6.45) is 0. The maximum absolute atomic E-state index is 13.6. The second kappa shape index (κ2) is 5.76. The lowest BCUT2D eigenvalue weighted by Crippen LogP contribution is -2.14. The Hall–Kier alpha value is -1.66.